The Kier molecular flexibility index (Phi) is 4.52. The van der Waals surface area contributed by atoms with Gasteiger partial charge in [-0.1, -0.05) is 6.07 Å². The van der Waals surface area contributed by atoms with Crippen molar-refractivity contribution in [3.8, 4) is 0 Å². The van der Waals surface area contributed by atoms with Crippen molar-refractivity contribution in [1.29, 1.82) is 0 Å². The highest BCUT2D eigenvalue weighted by molar-refractivity contribution is 9.10. The Hall–Kier alpha value is -0.900. The third-order valence-corrected chi connectivity index (χ3v) is 5.01. The van der Waals surface area contributed by atoms with Crippen LogP contribution in [0.5, 0.6) is 0 Å². The Morgan fingerprint density at radius 3 is 2.70 bits per heavy atom. The van der Waals surface area contributed by atoms with Gasteiger partial charge in [0.2, 0.25) is 5.28 Å². The summed E-state index contributed by atoms with van der Waals surface area (Å²) in [6, 6.07) is 5.77. The minimum Gasteiger partial charge on any atom is -0.339 e. The number of halogens is 2. The third kappa shape index (κ3) is 3.60. The summed E-state index contributed by atoms with van der Waals surface area (Å²) in [5.74, 6) is 0.547. The number of aryl methyl sites for hydroxylation is 1. The zero-order valence-electron chi connectivity index (χ0n) is 11.3. The van der Waals surface area contributed by atoms with E-state index in [-0.39, 0.29) is 5.28 Å². The van der Waals surface area contributed by atoms with Gasteiger partial charge < -0.3 is 9.88 Å². The molecular weight excluding hydrogens is 360 g/mol. The lowest BCUT2D eigenvalue weighted by atomic mass is 10.2. The van der Waals surface area contributed by atoms with Crippen LogP contribution in [0.3, 0.4) is 0 Å². The molecule has 0 spiro atoms. The quantitative estimate of drug-likeness (QED) is 0.646. The summed E-state index contributed by atoms with van der Waals surface area (Å²) < 4.78 is 13.1. The van der Waals surface area contributed by atoms with Crippen LogP contribution in [-0.4, -0.2) is 23.3 Å². The van der Waals surface area contributed by atoms with Crippen LogP contribution in [0.1, 0.15) is 5.56 Å². The van der Waals surface area contributed by atoms with Gasteiger partial charge in [0.25, 0.3) is 0 Å². The third-order valence-electron chi connectivity index (χ3n) is 2.70. The number of anilines is 2. The predicted octanol–water partition coefficient (Wildman–Crippen LogP) is 4.19. The first-order chi connectivity index (χ1) is 9.27. The van der Waals surface area contributed by atoms with Gasteiger partial charge in [0.1, 0.15) is 13.0 Å². The molecule has 0 unspecified atom stereocenters. The number of nitrogens with one attached hydrogen (secondary N) is 1. The molecule has 1 aromatic heterocycles. The Morgan fingerprint density at radius 2 is 2.05 bits per heavy atom. The topological polar surface area (TPSA) is 54.9 Å². The summed E-state index contributed by atoms with van der Waals surface area (Å²) in [5, 5.41) is 4.11. The lowest BCUT2D eigenvalue weighted by Gasteiger charge is -2.16. The molecule has 2 aromatic rings. The first kappa shape index (κ1) is 15.5. The van der Waals surface area contributed by atoms with E-state index in [0.29, 0.717) is 10.3 Å². The van der Waals surface area contributed by atoms with Crippen molar-refractivity contribution >= 4 is 51.5 Å². The molecule has 0 aliphatic rings. The number of hydrogen-bond acceptors (Lipinski definition) is 4. The molecule has 0 amide bonds. The number of rotatable bonds is 3. The summed E-state index contributed by atoms with van der Waals surface area (Å²) in [6.07, 6.45) is 1.57. The molecule has 0 atom stereocenters. The molecule has 106 valence electrons. The molecule has 0 aliphatic heterocycles. The Balaban J connectivity index is 2.50. The summed E-state index contributed by atoms with van der Waals surface area (Å²) in [5.41, 5.74) is 1.84. The van der Waals surface area contributed by atoms with Crippen molar-refractivity contribution in [3.63, 3.8) is 0 Å². The highest BCUT2D eigenvalue weighted by Gasteiger charge is 2.17. The Bertz CT molecular complexity index is 702. The van der Waals surface area contributed by atoms with E-state index in [1.165, 1.54) is 0 Å². The minimum absolute atomic E-state index is 0.154. The van der Waals surface area contributed by atoms with Crippen LogP contribution in [0.4, 0.5) is 11.5 Å². The molecule has 1 N–H and O–H groups in total. The van der Waals surface area contributed by atoms with Crippen LogP contribution in [0.15, 0.2) is 28.9 Å². The molecule has 1 heterocycles. The Morgan fingerprint density at radius 1 is 1.35 bits per heavy atom. The largest absolute Gasteiger partial charge is 0.339 e. The molecule has 0 fully saturated rings. The second kappa shape index (κ2) is 5.84. The van der Waals surface area contributed by atoms with Crippen LogP contribution < -0.4 is 10.6 Å². The van der Waals surface area contributed by atoms with Gasteiger partial charge in [-0.05, 0) is 65.5 Å². The number of benzene rings is 1. The summed E-state index contributed by atoms with van der Waals surface area (Å²) in [4.78, 5) is 8.01. The van der Waals surface area contributed by atoms with Crippen LogP contribution in [0, 0.1) is 6.92 Å². The first-order valence-electron chi connectivity index (χ1n) is 5.88. The highest BCUT2D eigenvalue weighted by Crippen LogP contribution is 2.39. The smallest absolute Gasteiger partial charge is 0.224 e. The molecule has 4 nitrogen and oxygen atoms in total. The van der Waals surface area contributed by atoms with Gasteiger partial charge in [0.15, 0.2) is 0 Å². The van der Waals surface area contributed by atoms with Gasteiger partial charge >= 0.3 is 0 Å². The van der Waals surface area contributed by atoms with E-state index in [1.807, 2.05) is 25.1 Å². The second-order valence-electron chi connectivity index (χ2n) is 4.83. The van der Waals surface area contributed by atoms with Crippen LogP contribution in [0.2, 0.25) is 5.28 Å². The van der Waals surface area contributed by atoms with E-state index >= 15 is 0 Å². The average Bonchev–Trinajstić information content (AvgIpc) is 2.32. The molecule has 20 heavy (non-hydrogen) atoms. The zero-order chi connectivity index (χ0) is 14.9. The lowest BCUT2D eigenvalue weighted by Crippen LogP contribution is -2.11. The molecule has 0 radical (unpaired) electrons. The number of hydrogen-bond donors (Lipinski definition) is 1. The zero-order valence-corrected chi connectivity index (χ0v) is 14.6. The average molecular weight is 375 g/mol. The van der Waals surface area contributed by atoms with Gasteiger partial charge in [0.05, 0.1) is 10.2 Å². The first-order valence-corrected chi connectivity index (χ1v) is 9.66. The maximum Gasteiger partial charge on any atom is 0.224 e. The van der Waals surface area contributed by atoms with E-state index in [1.54, 1.807) is 19.5 Å². The van der Waals surface area contributed by atoms with Crippen molar-refractivity contribution in [2.75, 3.05) is 18.6 Å². The van der Waals surface area contributed by atoms with E-state index < -0.39 is 7.14 Å². The standard InChI is InChI=1S/C13H14BrClN3OP/c1-8-4-5-11(20(2,3)19)10(6-8)17-12-9(14)7-16-13(15)18-12/h4-7H,1-3H3,(H,16,17,18). The maximum absolute atomic E-state index is 12.4. The van der Waals surface area contributed by atoms with E-state index in [9.17, 15) is 4.57 Å². The van der Waals surface area contributed by atoms with E-state index in [4.69, 9.17) is 11.6 Å². The fourth-order valence-corrected chi connectivity index (χ4v) is 3.34. The minimum atomic E-state index is -2.39. The molecule has 7 heteroatoms. The second-order valence-corrected chi connectivity index (χ2v) is 9.21. The molecule has 0 saturated heterocycles. The maximum atomic E-state index is 12.4. The van der Waals surface area contributed by atoms with Gasteiger partial charge in [-0.3, -0.25) is 0 Å². The fourth-order valence-electron chi connectivity index (χ4n) is 1.78. The summed E-state index contributed by atoms with van der Waals surface area (Å²) in [7, 11) is -2.39. The summed E-state index contributed by atoms with van der Waals surface area (Å²) >= 11 is 9.17. The van der Waals surface area contributed by atoms with Gasteiger partial charge in [0, 0.05) is 11.5 Å². The van der Waals surface area contributed by atoms with Crippen molar-refractivity contribution in [3.05, 3.63) is 39.7 Å². The normalized spacial score (nSPS) is 11.4. The van der Waals surface area contributed by atoms with E-state index in [0.717, 1.165) is 16.6 Å². The van der Waals surface area contributed by atoms with Gasteiger partial charge in [-0.2, -0.15) is 4.98 Å². The Labute approximate surface area is 131 Å². The molecular formula is C13H14BrClN3OP. The highest BCUT2D eigenvalue weighted by atomic mass is 79.9. The van der Waals surface area contributed by atoms with Gasteiger partial charge in [-0.25, -0.2) is 4.98 Å². The summed E-state index contributed by atoms with van der Waals surface area (Å²) in [6.45, 7) is 5.46. The SMILES string of the molecule is Cc1ccc(P(C)(C)=O)c(Nc2nc(Cl)ncc2Br)c1. The molecule has 1 aromatic carbocycles. The fraction of sp³-hybridized carbons (Fsp3) is 0.231. The van der Waals surface area contributed by atoms with E-state index in [2.05, 4.69) is 31.2 Å². The molecule has 0 aliphatic carbocycles. The van der Waals surface area contributed by atoms with Crippen molar-refractivity contribution in [2.45, 2.75) is 6.92 Å². The number of aromatic nitrogens is 2. The van der Waals surface area contributed by atoms with Crippen LogP contribution in [0.25, 0.3) is 0 Å². The van der Waals surface area contributed by atoms with Crippen molar-refractivity contribution in [1.82, 2.24) is 9.97 Å². The molecule has 0 saturated carbocycles. The molecule has 2 rings (SSSR count). The van der Waals surface area contributed by atoms with Crippen LogP contribution >= 0.6 is 34.7 Å². The number of nitrogens with zero attached hydrogens (tertiary/aromatic N) is 2. The monoisotopic (exact) mass is 373 g/mol. The lowest BCUT2D eigenvalue weighted by molar-refractivity contribution is 0.588. The predicted molar refractivity (Wildman–Crippen MR) is 88.3 cm³/mol. The van der Waals surface area contributed by atoms with Crippen molar-refractivity contribution < 1.29 is 4.57 Å². The van der Waals surface area contributed by atoms with Crippen molar-refractivity contribution in [2.24, 2.45) is 0 Å². The van der Waals surface area contributed by atoms with Crippen LogP contribution in [-0.2, 0) is 4.57 Å². The molecule has 0 bridgehead atoms. The van der Waals surface area contributed by atoms with Gasteiger partial charge in [-0.15, -0.1) is 0 Å².